The third-order valence-electron chi connectivity index (χ3n) is 3.80. The normalized spacial score (nSPS) is 20.7. The molecule has 1 aromatic rings. The molecular weight excluding hydrogens is 345 g/mol. The van der Waals surface area contributed by atoms with E-state index in [9.17, 15) is 13.2 Å². The number of nitrogens with one attached hydrogen (secondary N) is 1. The van der Waals surface area contributed by atoms with Gasteiger partial charge in [0.15, 0.2) is 0 Å². The Labute approximate surface area is 131 Å². The number of rotatable bonds is 1. The zero-order valence-corrected chi connectivity index (χ0v) is 14.0. The quantitative estimate of drug-likeness (QED) is 0.799. The van der Waals surface area contributed by atoms with Gasteiger partial charge in [0.1, 0.15) is 0 Å². The highest BCUT2D eigenvalue weighted by Gasteiger charge is 2.33. The van der Waals surface area contributed by atoms with Gasteiger partial charge in [-0.3, -0.25) is 0 Å². The van der Waals surface area contributed by atoms with Gasteiger partial charge in [0.2, 0.25) is 0 Å². The maximum Gasteiger partial charge on any atom is 0.416 e. The molecule has 118 valence electrons. The summed E-state index contributed by atoms with van der Waals surface area (Å²) in [4.78, 5) is 2.02. The maximum atomic E-state index is 12.9. The summed E-state index contributed by atoms with van der Waals surface area (Å²) in [7, 11) is 0. The smallest absolute Gasteiger partial charge is 0.369 e. The highest BCUT2D eigenvalue weighted by Crippen LogP contribution is 2.35. The molecular formula is C15H20BrF3N2. The number of hydrogen-bond donors (Lipinski definition) is 1. The average molecular weight is 365 g/mol. The molecule has 0 bridgehead atoms. The number of nitrogens with zero attached hydrogens (tertiary/aromatic N) is 1. The standard InChI is InChI=1S/C15H20BrF3N2/c1-14(2,3)13-9-21(5-4-20-13)12-7-10(15(17,18)19)6-11(16)8-12/h6-8,13,20H,4-5,9H2,1-3H3. The van der Waals surface area contributed by atoms with Crippen LogP contribution >= 0.6 is 15.9 Å². The molecule has 0 amide bonds. The van der Waals surface area contributed by atoms with Gasteiger partial charge in [0.25, 0.3) is 0 Å². The molecule has 1 aromatic carbocycles. The number of hydrogen-bond acceptors (Lipinski definition) is 2. The summed E-state index contributed by atoms with van der Waals surface area (Å²) < 4.78 is 39.2. The molecule has 1 fully saturated rings. The Balaban J connectivity index is 2.27. The van der Waals surface area contributed by atoms with Crippen molar-refractivity contribution in [2.75, 3.05) is 24.5 Å². The van der Waals surface area contributed by atoms with Crippen molar-refractivity contribution in [2.45, 2.75) is 33.0 Å². The van der Waals surface area contributed by atoms with E-state index in [-0.39, 0.29) is 11.5 Å². The van der Waals surface area contributed by atoms with Crippen molar-refractivity contribution in [1.82, 2.24) is 5.32 Å². The van der Waals surface area contributed by atoms with Crippen LogP contribution in [0, 0.1) is 5.41 Å². The van der Waals surface area contributed by atoms with E-state index in [1.54, 1.807) is 6.07 Å². The summed E-state index contributed by atoms with van der Waals surface area (Å²) in [6.45, 7) is 8.59. The third-order valence-corrected chi connectivity index (χ3v) is 4.25. The van der Waals surface area contributed by atoms with E-state index in [0.717, 1.165) is 12.6 Å². The molecule has 0 aromatic heterocycles. The zero-order valence-electron chi connectivity index (χ0n) is 12.4. The summed E-state index contributed by atoms with van der Waals surface area (Å²) in [5.41, 5.74) is 0.0718. The van der Waals surface area contributed by atoms with Crippen LogP contribution in [0.25, 0.3) is 0 Å². The second kappa shape index (κ2) is 5.80. The Kier molecular flexibility index (Phi) is 4.59. The Morgan fingerprint density at radius 1 is 1.19 bits per heavy atom. The lowest BCUT2D eigenvalue weighted by atomic mass is 9.85. The van der Waals surface area contributed by atoms with Crippen LogP contribution in [-0.4, -0.2) is 25.7 Å². The van der Waals surface area contributed by atoms with Gasteiger partial charge in [-0.25, -0.2) is 0 Å². The van der Waals surface area contributed by atoms with Crippen molar-refractivity contribution in [3.63, 3.8) is 0 Å². The van der Waals surface area contributed by atoms with E-state index in [1.165, 1.54) is 6.07 Å². The lowest BCUT2D eigenvalue weighted by molar-refractivity contribution is -0.137. The van der Waals surface area contributed by atoms with Gasteiger partial charge in [-0.1, -0.05) is 36.7 Å². The van der Waals surface area contributed by atoms with Gasteiger partial charge in [-0.05, 0) is 23.6 Å². The molecule has 2 rings (SSSR count). The zero-order chi connectivity index (χ0) is 15.8. The van der Waals surface area contributed by atoms with Crippen molar-refractivity contribution in [3.05, 3.63) is 28.2 Å². The van der Waals surface area contributed by atoms with Gasteiger partial charge >= 0.3 is 6.18 Å². The van der Waals surface area contributed by atoms with Crippen LogP contribution in [0.2, 0.25) is 0 Å². The van der Waals surface area contributed by atoms with Crippen molar-refractivity contribution in [1.29, 1.82) is 0 Å². The lowest BCUT2D eigenvalue weighted by Gasteiger charge is -2.41. The Morgan fingerprint density at radius 2 is 1.86 bits per heavy atom. The molecule has 1 atom stereocenters. The highest BCUT2D eigenvalue weighted by molar-refractivity contribution is 9.10. The number of benzene rings is 1. The first-order valence-electron chi connectivity index (χ1n) is 6.93. The minimum atomic E-state index is -4.32. The number of halogens is 4. The Hall–Kier alpha value is -0.750. The molecule has 1 heterocycles. The largest absolute Gasteiger partial charge is 0.416 e. The minimum Gasteiger partial charge on any atom is -0.369 e. The molecule has 0 spiro atoms. The van der Waals surface area contributed by atoms with Crippen LogP contribution in [0.3, 0.4) is 0 Å². The fraction of sp³-hybridized carbons (Fsp3) is 0.600. The second-order valence-electron chi connectivity index (χ2n) is 6.51. The monoisotopic (exact) mass is 364 g/mol. The van der Waals surface area contributed by atoms with Crippen LogP contribution in [0.5, 0.6) is 0 Å². The molecule has 6 heteroatoms. The molecule has 0 aliphatic carbocycles. The van der Waals surface area contributed by atoms with E-state index in [2.05, 4.69) is 42.0 Å². The minimum absolute atomic E-state index is 0.0670. The Morgan fingerprint density at radius 3 is 2.43 bits per heavy atom. The fourth-order valence-electron chi connectivity index (χ4n) is 2.48. The first kappa shape index (κ1) is 16.6. The van der Waals surface area contributed by atoms with E-state index in [4.69, 9.17) is 0 Å². The summed E-state index contributed by atoms with van der Waals surface area (Å²) in [5, 5.41) is 3.44. The first-order valence-corrected chi connectivity index (χ1v) is 7.73. The number of piperazine rings is 1. The van der Waals surface area contributed by atoms with Gasteiger partial charge in [-0.15, -0.1) is 0 Å². The molecule has 1 N–H and O–H groups in total. The van der Waals surface area contributed by atoms with Gasteiger partial charge in [-0.2, -0.15) is 13.2 Å². The molecule has 21 heavy (non-hydrogen) atoms. The van der Waals surface area contributed by atoms with E-state index in [1.807, 2.05) is 4.90 Å². The number of anilines is 1. The molecule has 1 saturated heterocycles. The van der Waals surface area contributed by atoms with Crippen LogP contribution in [0.4, 0.5) is 18.9 Å². The lowest BCUT2D eigenvalue weighted by Crippen LogP contribution is -2.56. The van der Waals surface area contributed by atoms with E-state index in [0.29, 0.717) is 23.2 Å². The molecule has 2 nitrogen and oxygen atoms in total. The summed E-state index contributed by atoms with van der Waals surface area (Å²) in [5.74, 6) is 0. The Bertz CT molecular complexity index is 509. The van der Waals surface area contributed by atoms with Gasteiger partial charge < -0.3 is 10.2 Å². The SMILES string of the molecule is CC(C)(C)C1CN(c2cc(Br)cc(C(F)(F)F)c2)CCN1. The van der Waals surface area contributed by atoms with Crippen molar-refractivity contribution < 1.29 is 13.2 Å². The molecule has 0 radical (unpaired) electrons. The van der Waals surface area contributed by atoms with Crippen molar-refractivity contribution in [3.8, 4) is 0 Å². The van der Waals surface area contributed by atoms with E-state index < -0.39 is 11.7 Å². The molecule has 1 unspecified atom stereocenters. The summed E-state index contributed by atoms with van der Waals surface area (Å²) >= 11 is 3.18. The topological polar surface area (TPSA) is 15.3 Å². The van der Waals surface area contributed by atoms with Crippen LogP contribution < -0.4 is 10.2 Å². The first-order chi connectivity index (χ1) is 9.57. The predicted octanol–water partition coefficient (Wildman–Crippen LogP) is 4.29. The molecule has 1 aliphatic heterocycles. The van der Waals surface area contributed by atoms with Crippen LogP contribution in [0.15, 0.2) is 22.7 Å². The fourth-order valence-corrected chi connectivity index (χ4v) is 2.97. The van der Waals surface area contributed by atoms with Crippen LogP contribution in [0.1, 0.15) is 26.3 Å². The van der Waals surface area contributed by atoms with Gasteiger partial charge in [0.05, 0.1) is 5.56 Å². The third kappa shape index (κ3) is 4.13. The molecule has 0 saturated carbocycles. The van der Waals surface area contributed by atoms with E-state index >= 15 is 0 Å². The van der Waals surface area contributed by atoms with Crippen molar-refractivity contribution in [2.24, 2.45) is 5.41 Å². The predicted molar refractivity (Wildman–Crippen MR) is 82.6 cm³/mol. The summed E-state index contributed by atoms with van der Waals surface area (Å²) in [6, 6.07) is 4.35. The maximum absolute atomic E-state index is 12.9. The van der Waals surface area contributed by atoms with Gasteiger partial charge in [0, 0.05) is 35.8 Å². The van der Waals surface area contributed by atoms with Crippen molar-refractivity contribution >= 4 is 21.6 Å². The summed E-state index contributed by atoms with van der Waals surface area (Å²) in [6.07, 6.45) is -4.32. The average Bonchev–Trinajstić information content (AvgIpc) is 2.36. The number of alkyl halides is 3. The van der Waals surface area contributed by atoms with Crippen LogP contribution in [-0.2, 0) is 6.18 Å². The molecule has 1 aliphatic rings. The second-order valence-corrected chi connectivity index (χ2v) is 7.43. The highest BCUT2D eigenvalue weighted by atomic mass is 79.9.